The first kappa shape index (κ1) is 10.7. The maximum absolute atomic E-state index is 11.0. The summed E-state index contributed by atoms with van der Waals surface area (Å²) in [5.74, 6) is -0.835. The molecule has 84 valence electrons. The molecular formula is C12H13NO3. The maximum atomic E-state index is 11.0. The molecule has 0 spiro atoms. The Labute approximate surface area is 93.6 Å². The van der Waals surface area contributed by atoms with E-state index in [2.05, 4.69) is 4.99 Å². The highest BCUT2D eigenvalue weighted by atomic mass is 16.5. The van der Waals surface area contributed by atoms with E-state index >= 15 is 0 Å². The number of benzene rings is 1. The van der Waals surface area contributed by atoms with Gasteiger partial charge in [-0.05, 0) is 18.6 Å². The van der Waals surface area contributed by atoms with Gasteiger partial charge in [-0.2, -0.15) is 0 Å². The number of rotatable bonds is 3. The SMILES string of the molecule is CC(C(=O)O)c1ccccc1C1=NCCO1. The van der Waals surface area contributed by atoms with Gasteiger partial charge >= 0.3 is 5.97 Å². The van der Waals surface area contributed by atoms with Crippen molar-refractivity contribution >= 4 is 11.9 Å². The highest BCUT2D eigenvalue weighted by Gasteiger charge is 2.21. The van der Waals surface area contributed by atoms with Crippen molar-refractivity contribution in [3.8, 4) is 0 Å². The summed E-state index contributed by atoms with van der Waals surface area (Å²) in [6.07, 6.45) is 0. The minimum Gasteiger partial charge on any atom is -0.481 e. The predicted molar refractivity (Wildman–Crippen MR) is 59.8 cm³/mol. The zero-order chi connectivity index (χ0) is 11.5. The normalized spacial score (nSPS) is 16.4. The fraction of sp³-hybridized carbons (Fsp3) is 0.333. The van der Waals surface area contributed by atoms with Crippen molar-refractivity contribution in [1.82, 2.24) is 0 Å². The molecule has 4 heteroatoms. The van der Waals surface area contributed by atoms with E-state index in [4.69, 9.17) is 9.84 Å². The number of hydrogen-bond acceptors (Lipinski definition) is 3. The molecule has 2 rings (SSSR count). The molecule has 1 N–H and O–H groups in total. The summed E-state index contributed by atoms with van der Waals surface area (Å²) < 4.78 is 5.37. The monoisotopic (exact) mass is 219 g/mol. The molecule has 1 aliphatic rings. The van der Waals surface area contributed by atoms with Crippen LogP contribution >= 0.6 is 0 Å². The van der Waals surface area contributed by atoms with Gasteiger partial charge in [-0.3, -0.25) is 4.79 Å². The molecule has 1 aromatic carbocycles. The van der Waals surface area contributed by atoms with Crippen molar-refractivity contribution in [3.05, 3.63) is 35.4 Å². The van der Waals surface area contributed by atoms with Crippen LogP contribution in [0.2, 0.25) is 0 Å². The number of aliphatic carboxylic acids is 1. The van der Waals surface area contributed by atoms with Crippen molar-refractivity contribution < 1.29 is 14.6 Å². The van der Waals surface area contributed by atoms with E-state index in [0.29, 0.717) is 19.0 Å². The third-order valence-electron chi connectivity index (χ3n) is 2.61. The number of nitrogens with zero attached hydrogens (tertiary/aromatic N) is 1. The Morgan fingerprint density at radius 3 is 2.88 bits per heavy atom. The average molecular weight is 219 g/mol. The fourth-order valence-electron chi connectivity index (χ4n) is 1.70. The molecule has 0 bridgehead atoms. The largest absolute Gasteiger partial charge is 0.481 e. The average Bonchev–Trinajstić information content (AvgIpc) is 2.81. The lowest BCUT2D eigenvalue weighted by Gasteiger charge is -2.12. The molecule has 1 heterocycles. The van der Waals surface area contributed by atoms with Crippen molar-refractivity contribution in [2.75, 3.05) is 13.2 Å². The summed E-state index contributed by atoms with van der Waals surface area (Å²) >= 11 is 0. The Bertz CT molecular complexity index is 440. The lowest BCUT2D eigenvalue weighted by molar-refractivity contribution is -0.138. The lowest BCUT2D eigenvalue weighted by Crippen LogP contribution is -2.13. The molecule has 0 fully saturated rings. The summed E-state index contributed by atoms with van der Waals surface area (Å²) in [4.78, 5) is 15.2. The van der Waals surface area contributed by atoms with E-state index in [9.17, 15) is 4.79 Å². The molecule has 0 aliphatic carbocycles. The van der Waals surface area contributed by atoms with Crippen molar-refractivity contribution in [1.29, 1.82) is 0 Å². The molecular weight excluding hydrogens is 206 g/mol. The highest BCUT2D eigenvalue weighted by Crippen LogP contribution is 2.22. The summed E-state index contributed by atoms with van der Waals surface area (Å²) in [6, 6.07) is 7.34. The Morgan fingerprint density at radius 1 is 1.50 bits per heavy atom. The van der Waals surface area contributed by atoms with Crippen LogP contribution in [0.1, 0.15) is 24.0 Å². The first-order valence-corrected chi connectivity index (χ1v) is 5.19. The van der Waals surface area contributed by atoms with Gasteiger partial charge in [0.05, 0.1) is 12.5 Å². The summed E-state index contributed by atoms with van der Waals surface area (Å²) in [5.41, 5.74) is 1.53. The molecule has 0 aromatic heterocycles. The van der Waals surface area contributed by atoms with E-state index in [1.54, 1.807) is 13.0 Å². The topological polar surface area (TPSA) is 58.9 Å². The van der Waals surface area contributed by atoms with Crippen LogP contribution in [0.15, 0.2) is 29.3 Å². The first-order valence-electron chi connectivity index (χ1n) is 5.19. The summed E-state index contributed by atoms with van der Waals surface area (Å²) in [5, 5.41) is 9.02. The van der Waals surface area contributed by atoms with E-state index in [1.807, 2.05) is 18.2 Å². The van der Waals surface area contributed by atoms with Gasteiger partial charge in [-0.1, -0.05) is 18.2 Å². The third-order valence-corrected chi connectivity index (χ3v) is 2.61. The van der Waals surface area contributed by atoms with Gasteiger partial charge < -0.3 is 9.84 Å². The smallest absolute Gasteiger partial charge is 0.310 e. The molecule has 0 radical (unpaired) electrons. The quantitative estimate of drug-likeness (QED) is 0.840. The van der Waals surface area contributed by atoms with Crippen LogP contribution < -0.4 is 0 Å². The van der Waals surface area contributed by atoms with Crippen LogP contribution in [0.5, 0.6) is 0 Å². The van der Waals surface area contributed by atoms with Crippen LogP contribution in [0.25, 0.3) is 0 Å². The first-order chi connectivity index (χ1) is 7.70. The number of aliphatic imine (C=N–C) groups is 1. The van der Waals surface area contributed by atoms with Crippen LogP contribution in [0.4, 0.5) is 0 Å². The molecule has 0 saturated heterocycles. The Morgan fingerprint density at radius 2 is 2.25 bits per heavy atom. The number of hydrogen-bond donors (Lipinski definition) is 1. The van der Waals surface area contributed by atoms with Gasteiger partial charge in [0, 0.05) is 5.56 Å². The van der Waals surface area contributed by atoms with E-state index in [1.165, 1.54) is 0 Å². The summed E-state index contributed by atoms with van der Waals surface area (Å²) in [6.45, 7) is 2.88. The van der Waals surface area contributed by atoms with Crippen LogP contribution in [0, 0.1) is 0 Å². The Hall–Kier alpha value is -1.84. The van der Waals surface area contributed by atoms with Gasteiger partial charge in [0.2, 0.25) is 5.90 Å². The highest BCUT2D eigenvalue weighted by molar-refractivity contribution is 5.97. The molecule has 16 heavy (non-hydrogen) atoms. The second-order valence-corrected chi connectivity index (χ2v) is 3.68. The second kappa shape index (κ2) is 4.35. The maximum Gasteiger partial charge on any atom is 0.310 e. The fourth-order valence-corrected chi connectivity index (χ4v) is 1.70. The number of ether oxygens (including phenoxy) is 1. The number of carboxylic acids is 1. The number of carboxylic acid groups (broad SMARTS) is 1. The zero-order valence-electron chi connectivity index (χ0n) is 9.01. The molecule has 1 aliphatic heterocycles. The van der Waals surface area contributed by atoms with Crippen molar-refractivity contribution in [3.63, 3.8) is 0 Å². The molecule has 1 atom stereocenters. The minimum absolute atomic E-state index is 0.553. The third kappa shape index (κ3) is 1.91. The van der Waals surface area contributed by atoms with Gasteiger partial charge in [0.1, 0.15) is 6.61 Å². The van der Waals surface area contributed by atoms with Crippen LogP contribution in [-0.2, 0) is 9.53 Å². The van der Waals surface area contributed by atoms with Crippen LogP contribution in [0.3, 0.4) is 0 Å². The summed E-state index contributed by atoms with van der Waals surface area (Å²) in [7, 11) is 0. The second-order valence-electron chi connectivity index (χ2n) is 3.68. The Kier molecular flexibility index (Phi) is 2.90. The molecule has 0 amide bonds. The number of carbonyl (C=O) groups is 1. The van der Waals surface area contributed by atoms with Crippen LogP contribution in [-0.4, -0.2) is 30.1 Å². The molecule has 1 unspecified atom stereocenters. The van der Waals surface area contributed by atoms with Crippen molar-refractivity contribution in [2.24, 2.45) is 4.99 Å². The Balaban J connectivity index is 2.41. The van der Waals surface area contributed by atoms with Gasteiger partial charge in [0.15, 0.2) is 0 Å². The lowest BCUT2D eigenvalue weighted by atomic mass is 9.96. The molecule has 0 saturated carbocycles. The van der Waals surface area contributed by atoms with E-state index < -0.39 is 11.9 Å². The predicted octanol–water partition coefficient (Wildman–Crippen LogP) is 1.65. The van der Waals surface area contributed by atoms with Gasteiger partial charge in [-0.15, -0.1) is 0 Å². The van der Waals surface area contributed by atoms with Gasteiger partial charge in [0.25, 0.3) is 0 Å². The zero-order valence-corrected chi connectivity index (χ0v) is 9.01. The standard InChI is InChI=1S/C12H13NO3/c1-8(12(14)15)9-4-2-3-5-10(9)11-13-6-7-16-11/h2-5,8H,6-7H2,1H3,(H,14,15). The van der Waals surface area contributed by atoms with Gasteiger partial charge in [-0.25, -0.2) is 4.99 Å². The van der Waals surface area contributed by atoms with E-state index in [-0.39, 0.29) is 0 Å². The molecule has 4 nitrogen and oxygen atoms in total. The van der Waals surface area contributed by atoms with E-state index in [0.717, 1.165) is 11.1 Å². The molecule has 1 aromatic rings. The van der Waals surface area contributed by atoms with Crippen molar-refractivity contribution in [2.45, 2.75) is 12.8 Å². The minimum atomic E-state index is -0.842.